The lowest BCUT2D eigenvalue weighted by Crippen LogP contribution is -2.46. The lowest BCUT2D eigenvalue weighted by Gasteiger charge is -2.35. The Kier molecular flexibility index (Phi) is 8.15. The van der Waals surface area contributed by atoms with Crippen LogP contribution in [0.4, 0.5) is 8.78 Å². The number of aliphatic imine (C=N–C) groups is 2. The van der Waals surface area contributed by atoms with Gasteiger partial charge in [-0.3, -0.25) is 4.79 Å². The second-order valence-electron chi connectivity index (χ2n) is 15.1. The number of fused-ring (bicyclic) bond motifs is 7. The lowest BCUT2D eigenvalue weighted by atomic mass is 9.78. The summed E-state index contributed by atoms with van der Waals surface area (Å²) in [5.74, 6) is -1.33. The van der Waals surface area contributed by atoms with Gasteiger partial charge >= 0.3 is 0 Å². The Labute approximate surface area is 325 Å². The molecule has 4 aliphatic heterocycles. The third-order valence-electron chi connectivity index (χ3n) is 11.5. The van der Waals surface area contributed by atoms with E-state index in [-0.39, 0.29) is 17.7 Å². The van der Waals surface area contributed by atoms with Crippen LogP contribution >= 0.6 is 0 Å². The first kappa shape index (κ1) is 34.9. The predicted octanol–water partition coefficient (Wildman–Crippen LogP) is 6.89. The van der Waals surface area contributed by atoms with Gasteiger partial charge in [-0.15, -0.1) is 0 Å². The number of nitrogens with zero attached hydrogens (tertiary/aromatic N) is 5. The molecule has 5 aliphatic rings. The van der Waals surface area contributed by atoms with Crippen LogP contribution in [-0.4, -0.2) is 50.1 Å². The molecule has 1 fully saturated rings. The van der Waals surface area contributed by atoms with Crippen molar-refractivity contribution in [1.29, 1.82) is 0 Å². The fraction of sp³-hybridized carbons (Fsp3) is 0.222. The van der Waals surface area contributed by atoms with Gasteiger partial charge in [0.05, 0.1) is 51.2 Å². The standard InChI is InChI=1S/C45H37F2N7O3/c1-24-42(25(2)57-53-24)26-4-17-40-39(18-26)51-44(54(40)34-11-13-35(56-3)14-12-34)43-38-16-10-32(50-38)21-30-7-6-28(48-30)20-29-8-9-31(49-29)22-33-23-41(55)45(43,52-33)27-5-15-36(46)37(47)19-27/h4-10,15-23,34-35,48,52H,11-14H2,1-3H3/t34-,35-,45-/m1/s1. The van der Waals surface area contributed by atoms with Gasteiger partial charge in [-0.1, -0.05) is 17.3 Å². The highest BCUT2D eigenvalue weighted by Crippen LogP contribution is 2.48. The van der Waals surface area contributed by atoms with Gasteiger partial charge in [0.15, 0.2) is 23.0 Å². The van der Waals surface area contributed by atoms with Crippen LogP contribution in [0.15, 0.2) is 117 Å². The van der Waals surface area contributed by atoms with E-state index >= 15 is 9.18 Å². The lowest BCUT2D eigenvalue weighted by molar-refractivity contribution is -0.117. The molecule has 0 amide bonds. The van der Waals surface area contributed by atoms with Crippen molar-refractivity contribution in [1.82, 2.24) is 25.0 Å². The van der Waals surface area contributed by atoms with Crippen LogP contribution in [0, 0.1) is 25.5 Å². The van der Waals surface area contributed by atoms with Gasteiger partial charge in [-0.05, 0) is 130 Å². The number of carbonyl (C=O) groups excluding carboxylic acids is 1. The summed E-state index contributed by atoms with van der Waals surface area (Å²) < 4.78 is 43.8. The number of carbonyl (C=O) groups is 1. The molecule has 0 radical (unpaired) electrons. The summed E-state index contributed by atoms with van der Waals surface area (Å²) in [6.07, 6.45) is 18.0. The molecule has 0 spiro atoms. The number of benzene rings is 2. The van der Waals surface area contributed by atoms with Crippen molar-refractivity contribution in [2.75, 3.05) is 7.11 Å². The van der Waals surface area contributed by atoms with Crippen molar-refractivity contribution in [2.24, 2.45) is 9.98 Å². The number of aromatic nitrogens is 4. The third kappa shape index (κ3) is 5.81. The summed E-state index contributed by atoms with van der Waals surface area (Å²) in [5.41, 5.74) is 5.76. The van der Waals surface area contributed by atoms with Gasteiger partial charge in [0.25, 0.3) is 0 Å². The minimum Gasteiger partial charge on any atom is -0.381 e. The maximum absolute atomic E-state index is 15.5. The van der Waals surface area contributed by atoms with Crippen molar-refractivity contribution < 1.29 is 22.8 Å². The highest BCUT2D eigenvalue weighted by molar-refractivity contribution is 6.21. The van der Waals surface area contributed by atoms with E-state index in [9.17, 15) is 4.39 Å². The summed E-state index contributed by atoms with van der Waals surface area (Å²) >= 11 is 0. The number of halogens is 2. The zero-order chi connectivity index (χ0) is 39.0. The second kappa shape index (κ2) is 13.3. The molecule has 8 bridgehead atoms. The number of ketones is 1. The molecule has 2 aromatic carbocycles. The average Bonchev–Trinajstić information content (AvgIpc) is 4.07. The molecule has 12 heteroatoms. The Morgan fingerprint density at radius 3 is 2.37 bits per heavy atom. The maximum atomic E-state index is 15.5. The van der Waals surface area contributed by atoms with E-state index in [1.165, 1.54) is 12.1 Å². The first-order valence-corrected chi connectivity index (χ1v) is 19.0. The van der Waals surface area contributed by atoms with E-state index in [4.69, 9.17) is 24.2 Å². The fourth-order valence-corrected chi connectivity index (χ4v) is 8.85. The van der Waals surface area contributed by atoms with E-state index in [0.717, 1.165) is 76.6 Å². The minimum absolute atomic E-state index is 0.0341. The molecule has 5 aromatic rings. The van der Waals surface area contributed by atoms with Gasteiger partial charge < -0.3 is 24.1 Å². The Hall–Kier alpha value is -6.53. The molecule has 57 heavy (non-hydrogen) atoms. The Morgan fingerprint density at radius 1 is 0.860 bits per heavy atom. The Balaban J connectivity index is 1.29. The highest BCUT2D eigenvalue weighted by Gasteiger charge is 2.51. The number of imidazole rings is 1. The first-order chi connectivity index (χ1) is 27.7. The predicted molar refractivity (Wildman–Crippen MR) is 214 cm³/mol. The smallest absolute Gasteiger partial charge is 0.192 e. The van der Waals surface area contributed by atoms with Crippen LogP contribution in [-0.2, 0) is 15.1 Å². The molecule has 1 saturated carbocycles. The molecule has 1 aliphatic carbocycles. The zero-order valence-corrected chi connectivity index (χ0v) is 31.4. The van der Waals surface area contributed by atoms with Crippen LogP contribution in [0.5, 0.6) is 0 Å². The number of ether oxygens (including phenoxy) is 1. The number of hydrogen-bond acceptors (Lipinski definition) is 8. The number of nitrogens with one attached hydrogen (secondary N) is 2. The van der Waals surface area contributed by atoms with Crippen molar-refractivity contribution in [3.8, 4) is 11.1 Å². The van der Waals surface area contributed by atoms with Crippen LogP contribution in [0.2, 0.25) is 0 Å². The molecule has 10 rings (SSSR count). The SMILES string of the molecule is CO[C@H]1CC[C@H](n2c(C3=C4C=CC(=N4)C=c4ccc([nH]4)=CC4=NC(=CC5=CC(=O)[C@@]3(c3ccc(F)c(F)c3)N5)C=C4)nc3cc(-c4c(C)noc4C)ccc32)CC1. The van der Waals surface area contributed by atoms with Crippen LogP contribution in [0.1, 0.15) is 54.6 Å². The van der Waals surface area contributed by atoms with Crippen molar-refractivity contribution >= 4 is 46.0 Å². The highest BCUT2D eigenvalue weighted by atomic mass is 19.2. The molecular weight excluding hydrogens is 725 g/mol. The number of allylic oxidation sites excluding steroid dienone is 5. The van der Waals surface area contributed by atoms with Gasteiger partial charge in [-0.2, -0.15) is 0 Å². The molecular formula is C45H37F2N7O3. The van der Waals surface area contributed by atoms with E-state index in [1.807, 2.05) is 80.6 Å². The second-order valence-corrected chi connectivity index (χ2v) is 15.1. The first-order valence-electron chi connectivity index (χ1n) is 19.0. The average molecular weight is 762 g/mol. The van der Waals surface area contributed by atoms with E-state index in [1.54, 1.807) is 13.2 Å². The van der Waals surface area contributed by atoms with Crippen molar-refractivity contribution in [2.45, 2.75) is 57.2 Å². The number of aromatic amines is 1. The molecule has 284 valence electrons. The quantitative estimate of drug-likeness (QED) is 0.201. The number of H-pyrrole nitrogens is 1. The summed E-state index contributed by atoms with van der Waals surface area (Å²) in [4.78, 5) is 33.9. The molecule has 10 nitrogen and oxygen atoms in total. The van der Waals surface area contributed by atoms with Crippen LogP contribution < -0.4 is 16.0 Å². The van der Waals surface area contributed by atoms with Gasteiger partial charge in [0, 0.05) is 41.2 Å². The van der Waals surface area contributed by atoms with E-state index in [2.05, 4.69) is 20.0 Å². The largest absolute Gasteiger partial charge is 0.381 e. The Bertz CT molecular complexity index is 2890. The monoisotopic (exact) mass is 761 g/mol. The van der Waals surface area contributed by atoms with Gasteiger partial charge in [0.1, 0.15) is 11.6 Å². The number of rotatable bonds is 5. The maximum Gasteiger partial charge on any atom is 0.192 e. The summed E-state index contributed by atoms with van der Waals surface area (Å²) in [5, 5.41) is 9.40. The zero-order valence-electron chi connectivity index (χ0n) is 31.4. The molecule has 7 heterocycles. The van der Waals surface area contributed by atoms with Crippen LogP contribution in [0.3, 0.4) is 0 Å². The fourth-order valence-electron chi connectivity index (χ4n) is 8.85. The topological polar surface area (TPSA) is 123 Å². The van der Waals surface area contributed by atoms with Gasteiger partial charge in [-0.25, -0.2) is 23.7 Å². The molecule has 1 atom stereocenters. The van der Waals surface area contributed by atoms with Crippen LogP contribution in [0.25, 0.3) is 39.9 Å². The molecule has 0 saturated heterocycles. The number of methoxy groups -OCH3 is 1. The van der Waals surface area contributed by atoms with Crippen molar-refractivity contribution in [3.63, 3.8) is 0 Å². The van der Waals surface area contributed by atoms with E-state index in [0.29, 0.717) is 45.5 Å². The Morgan fingerprint density at radius 2 is 1.63 bits per heavy atom. The van der Waals surface area contributed by atoms with Crippen molar-refractivity contribution in [3.05, 3.63) is 147 Å². The van der Waals surface area contributed by atoms with E-state index < -0.39 is 23.0 Å². The molecule has 2 N–H and O–H groups in total. The number of aryl methyl sites for hydroxylation is 2. The normalized spacial score (nSPS) is 22.6. The summed E-state index contributed by atoms with van der Waals surface area (Å²) in [7, 11) is 1.74. The third-order valence-corrected chi connectivity index (χ3v) is 11.5. The van der Waals surface area contributed by atoms with Gasteiger partial charge in [0.2, 0.25) is 0 Å². The molecule has 0 unspecified atom stereocenters. The number of hydrogen-bond donors (Lipinski definition) is 2. The summed E-state index contributed by atoms with van der Waals surface area (Å²) in [6.45, 7) is 3.78. The minimum atomic E-state index is -1.79. The summed E-state index contributed by atoms with van der Waals surface area (Å²) in [6, 6.07) is 13.6. The molecule has 3 aromatic heterocycles.